The third-order valence-electron chi connectivity index (χ3n) is 1.60. The number of carbonyl (C=O) groups excluding carboxylic acids is 1. The van der Waals surface area contributed by atoms with Crippen LogP contribution in [0.3, 0.4) is 0 Å². The smallest absolute Gasteiger partial charge is 0.178 e. The summed E-state index contributed by atoms with van der Waals surface area (Å²) in [6.45, 7) is 2.04. The number of hydrogen-bond donors (Lipinski definition) is 0. The van der Waals surface area contributed by atoms with Crippen LogP contribution in [0.5, 0.6) is 0 Å². The largest absolute Gasteiger partial charge is 0.345 e. The highest BCUT2D eigenvalue weighted by Crippen LogP contribution is 2.16. The van der Waals surface area contributed by atoms with Crippen molar-refractivity contribution >= 4 is 5.78 Å². The molecule has 0 spiro atoms. The van der Waals surface area contributed by atoms with Gasteiger partial charge in [-0.3, -0.25) is 4.79 Å². The Morgan fingerprint density at radius 1 is 1.60 bits per heavy atom. The Bertz CT molecular complexity index is 231. The molecule has 10 heavy (non-hydrogen) atoms. The molecule has 0 saturated heterocycles. The summed E-state index contributed by atoms with van der Waals surface area (Å²) in [5, 5.41) is 7.65. The highest BCUT2D eigenvalue weighted by Gasteiger charge is 2.22. The molecule has 2 aliphatic rings. The van der Waals surface area contributed by atoms with Gasteiger partial charge >= 0.3 is 0 Å². The maximum absolute atomic E-state index is 10.8. The standard InChI is InChI=1S/C6H7N3O/c10-5-3-6-8-7-1-2-9(6)4-5/h3H,1-2,4H2. The summed E-state index contributed by atoms with van der Waals surface area (Å²) in [6.07, 6.45) is 1.54. The van der Waals surface area contributed by atoms with Crippen molar-refractivity contribution in [2.45, 2.75) is 0 Å². The fourth-order valence-corrected chi connectivity index (χ4v) is 1.12. The molecule has 0 saturated carbocycles. The van der Waals surface area contributed by atoms with Crippen LogP contribution >= 0.6 is 0 Å². The predicted molar refractivity (Wildman–Crippen MR) is 34.4 cm³/mol. The Balaban J connectivity index is 2.30. The average molecular weight is 137 g/mol. The van der Waals surface area contributed by atoms with E-state index in [0.717, 1.165) is 12.4 Å². The molecule has 0 aromatic heterocycles. The van der Waals surface area contributed by atoms with Crippen LogP contribution in [-0.2, 0) is 4.79 Å². The topological polar surface area (TPSA) is 45.0 Å². The van der Waals surface area contributed by atoms with Crippen molar-refractivity contribution < 1.29 is 4.79 Å². The number of azo groups is 1. The van der Waals surface area contributed by atoms with Gasteiger partial charge in [-0.2, -0.15) is 5.11 Å². The number of hydrogen-bond acceptors (Lipinski definition) is 4. The molecule has 0 aromatic rings. The second-order valence-corrected chi connectivity index (χ2v) is 2.36. The minimum atomic E-state index is 0.135. The van der Waals surface area contributed by atoms with Gasteiger partial charge in [0.25, 0.3) is 0 Å². The van der Waals surface area contributed by atoms with E-state index in [1.807, 2.05) is 4.90 Å². The van der Waals surface area contributed by atoms with Gasteiger partial charge in [0.2, 0.25) is 0 Å². The van der Waals surface area contributed by atoms with E-state index in [2.05, 4.69) is 10.2 Å². The van der Waals surface area contributed by atoms with Gasteiger partial charge in [0.15, 0.2) is 11.6 Å². The van der Waals surface area contributed by atoms with Gasteiger partial charge in [0.05, 0.1) is 13.1 Å². The normalized spacial score (nSPS) is 23.0. The zero-order chi connectivity index (χ0) is 6.97. The Morgan fingerprint density at radius 2 is 2.50 bits per heavy atom. The Labute approximate surface area is 58.2 Å². The van der Waals surface area contributed by atoms with Crippen molar-refractivity contribution in [2.75, 3.05) is 19.6 Å². The van der Waals surface area contributed by atoms with Crippen molar-refractivity contribution in [2.24, 2.45) is 10.2 Å². The molecule has 0 fully saturated rings. The van der Waals surface area contributed by atoms with Crippen molar-refractivity contribution in [3.63, 3.8) is 0 Å². The summed E-state index contributed by atoms with van der Waals surface area (Å²) in [5.74, 6) is 0.868. The van der Waals surface area contributed by atoms with E-state index in [4.69, 9.17) is 0 Å². The van der Waals surface area contributed by atoms with Crippen LogP contribution in [0, 0.1) is 0 Å². The van der Waals surface area contributed by atoms with Gasteiger partial charge in [-0.25, -0.2) is 0 Å². The fourth-order valence-electron chi connectivity index (χ4n) is 1.12. The molecule has 0 bridgehead atoms. The molecule has 0 aliphatic carbocycles. The van der Waals surface area contributed by atoms with Gasteiger partial charge in [0, 0.05) is 12.6 Å². The van der Waals surface area contributed by atoms with E-state index >= 15 is 0 Å². The fraction of sp³-hybridized carbons (Fsp3) is 0.500. The summed E-state index contributed by atoms with van der Waals surface area (Å²) >= 11 is 0. The molecule has 2 aliphatic heterocycles. The first-order valence-electron chi connectivity index (χ1n) is 3.23. The van der Waals surface area contributed by atoms with Crippen LogP contribution in [0.1, 0.15) is 0 Å². The van der Waals surface area contributed by atoms with Crippen molar-refractivity contribution in [3.05, 3.63) is 11.9 Å². The summed E-state index contributed by atoms with van der Waals surface area (Å²) in [4.78, 5) is 12.7. The van der Waals surface area contributed by atoms with Gasteiger partial charge in [-0.05, 0) is 0 Å². The van der Waals surface area contributed by atoms with E-state index in [1.54, 1.807) is 6.08 Å². The van der Waals surface area contributed by atoms with Gasteiger partial charge in [-0.15, -0.1) is 5.11 Å². The Hall–Kier alpha value is -1.19. The van der Waals surface area contributed by atoms with Gasteiger partial charge in [-0.1, -0.05) is 0 Å². The van der Waals surface area contributed by atoms with Crippen LogP contribution in [0.4, 0.5) is 0 Å². The summed E-state index contributed by atoms with van der Waals surface area (Å²) < 4.78 is 0. The molecule has 0 N–H and O–H groups in total. The highest BCUT2D eigenvalue weighted by atomic mass is 16.1. The van der Waals surface area contributed by atoms with Gasteiger partial charge in [0.1, 0.15) is 0 Å². The zero-order valence-electron chi connectivity index (χ0n) is 5.45. The molecule has 0 unspecified atom stereocenters. The molecule has 0 amide bonds. The molecular weight excluding hydrogens is 130 g/mol. The van der Waals surface area contributed by atoms with Crippen molar-refractivity contribution in [3.8, 4) is 0 Å². The molecule has 4 heteroatoms. The summed E-state index contributed by atoms with van der Waals surface area (Å²) in [5.41, 5.74) is 0. The van der Waals surface area contributed by atoms with E-state index in [0.29, 0.717) is 13.1 Å². The van der Waals surface area contributed by atoms with Crippen LogP contribution in [-0.4, -0.2) is 30.3 Å². The van der Waals surface area contributed by atoms with E-state index < -0.39 is 0 Å². The molecule has 4 nitrogen and oxygen atoms in total. The molecule has 2 rings (SSSR count). The third kappa shape index (κ3) is 0.725. The Kier molecular flexibility index (Phi) is 1.06. The first-order valence-corrected chi connectivity index (χ1v) is 3.23. The minimum Gasteiger partial charge on any atom is -0.345 e. The van der Waals surface area contributed by atoms with Crippen molar-refractivity contribution in [1.82, 2.24) is 4.90 Å². The van der Waals surface area contributed by atoms with E-state index in [-0.39, 0.29) is 5.78 Å². The number of ketones is 1. The average Bonchev–Trinajstić information content (AvgIpc) is 2.27. The van der Waals surface area contributed by atoms with E-state index in [1.165, 1.54) is 0 Å². The Morgan fingerprint density at radius 3 is 3.30 bits per heavy atom. The lowest BCUT2D eigenvalue weighted by Crippen LogP contribution is -2.26. The molecule has 0 atom stereocenters. The number of rotatable bonds is 0. The number of nitrogens with zero attached hydrogens (tertiary/aromatic N) is 3. The van der Waals surface area contributed by atoms with Crippen LogP contribution < -0.4 is 0 Å². The zero-order valence-corrected chi connectivity index (χ0v) is 5.45. The van der Waals surface area contributed by atoms with Gasteiger partial charge < -0.3 is 4.90 Å². The molecular formula is C6H7N3O. The second kappa shape index (κ2) is 1.90. The van der Waals surface area contributed by atoms with Crippen LogP contribution in [0.25, 0.3) is 0 Å². The number of fused-ring (bicyclic) bond motifs is 1. The summed E-state index contributed by atoms with van der Waals surface area (Å²) in [7, 11) is 0. The van der Waals surface area contributed by atoms with Crippen molar-refractivity contribution in [1.29, 1.82) is 0 Å². The lowest BCUT2D eigenvalue weighted by molar-refractivity contribution is -0.114. The molecule has 0 aromatic carbocycles. The monoisotopic (exact) mass is 137 g/mol. The SMILES string of the molecule is O=C1C=C2N=NCCN2C1. The van der Waals surface area contributed by atoms with Crippen LogP contribution in [0.15, 0.2) is 22.1 Å². The van der Waals surface area contributed by atoms with Crippen LogP contribution in [0.2, 0.25) is 0 Å². The summed E-state index contributed by atoms with van der Waals surface area (Å²) in [6, 6.07) is 0. The predicted octanol–water partition coefficient (Wildman–Crippen LogP) is 0.178. The molecule has 52 valence electrons. The second-order valence-electron chi connectivity index (χ2n) is 2.36. The first-order chi connectivity index (χ1) is 4.86. The maximum Gasteiger partial charge on any atom is 0.178 e. The highest BCUT2D eigenvalue weighted by molar-refractivity contribution is 5.94. The first kappa shape index (κ1) is 5.58. The number of carbonyl (C=O) groups is 1. The third-order valence-corrected chi connectivity index (χ3v) is 1.60. The molecule has 0 radical (unpaired) electrons. The maximum atomic E-state index is 10.8. The van der Waals surface area contributed by atoms with E-state index in [9.17, 15) is 4.79 Å². The quantitative estimate of drug-likeness (QED) is 0.478. The lowest BCUT2D eigenvalue weighted by Gasteiger charge is -2.19. The minimum absolute atomic E-state index is 0.135. The molecule has 2 heterocycles. The lowest BCUT2D eigenvalue weighted by atomic mass is 10.4.